The molecule has 2 nitrogen and oxygen atoms in total. The highest BCUT2D eigenvalue weighted by Crippen LogP contribution is 2.30. The molecule has 72 valence electrons. The van der Waals surface area contributed by atoms with Crippen LogP contribution in [0.5, 0.6) is 0 Å². The summed E-state index contributed by atoms with van der Waals surface area (Å²) in [6, 6.07) is 1.80. The van der Waals surface area contributed by atoms with Crippen molar-refractivity contribution in [2.45, 2.75) is 13.8 Å². The fourth-order valence-corrected chi connectivity index (χ4v) is 2.62. The van der Waals surface area contributed by atoms with Crippen LogP contribution < -0.4 is 0 Å². The number of pyridine rings is 1. The second kappa shape index (κ2) is 3.33. The zero-order valence-electron chi connectivity index (χ0n) is 7.80. The molecule has 0 atom stereocenters. The van der Waals surface area contributed by atoms with Crippen molar-refractivity contribution < 1.29 is 4.79 Å². The van der Waals surface area contributed by atoms with Crippen molar-refractivity contribution in [1.82, 2.24) is 4.98 Å². The number of hydrogen-bond acceptors (Lipinski definition) is 3. The average molecular weight is 226 g/mol. The molecule has 2 aromatic heterocycles. The third-order valence-corrected chi connectivity index (χ3v) is 3.48. The summed E-state index contributed by atoms with van der Waals surface area (Å²) in [7, 11) is 0. The van der Waals surface area contributed by atoms with Crippen molar-refractivity contribution in [3.8, 4) is 0 Å². The molecule has 0 saturated heterocycles. The van der Waals surface area contributed by atoms with Crippen LogP contribution in [0.1, 0.15) is 20.1 Å². The predicted octanol–water partition coefficient (Wildman–Crippen LogP) is 3.38. The van der Waals surface area contributed by atoms with E-state index in [1.54, 1.807) is 17.4 Å². The monoisotopic (exact) mass is 225 g/mol. The van der Waals surface area contributed by atoms with E-state index in [1.807, 2.05) is 13.8 Å². The molecule has 0 fully saturated rings. The molecule has 2 aromatic rings. The minimum atomic E-state index is 0.286. The molecule has 0 N–H and O–H groups in total. The number of aldehydes is 1. The van der Waals surface area contributed by atoms with E-state index in [0.29, 0.717) is 5.56 Å². The van der Waals surface area contributed by atoms with Gasteiger partial charge in [-0.05, 0) is 19.9 Å². The van der Waals surface area contributed by atoms with E-state index < -0.39 is 0 Å². The van der Waals surface area contributed by atoms with Gasteiger partial charge in [0.1, 0.15) is 5.15 Å². The summed E-state index contributed by atoms with van der Waals surface area (Å²) in [5, 5.41) is 1.31. The minimum Gasteiger partial charge on any atom is -0.298 e. The van der Waals surface area contributed by atoms with E-state index in [4.69, 9.17) is 11.6 Å². The first-order chi connectivity index (χ1) is 6.63. The van der Waals surface area contributed by atoms with E-state index >= 15 is 0 Å². The molecule has 2 heterocycles. The van der Waals surface area contributed by atoms with E-state index in [-0.39, 0.29) is 5.15 Å². The molecule has 14 heavy (non-hydrogen) atoms. The summed E-state index contributed by atoms with van der Waals surface area (Å²) in [6.45, 7) is 4.02. The molecule has 0 aliphatic heterocycles. The first kappa shape index (κ1) is 9.62. The number of hydrogen-bond donors (Lipinski definition) is 0. The van der Waals surface area contributed by atoms with Crippen LogP contribution in [0, 0.1) is 13.8 Å². The zero-order valence-corrected chi connectivity index (χ0v) is 9.37. The van der Waals surface area contributed by atoms with E-state index in [2.05, 4.69) is 4.98 Å². The van der Waals surface area contributed by atoms with Gasteiger partial charge in [-0.1, -0.05) is 11.6 Å². The summed E-state index contributed by atoms with van der Waals surface area (Å²) >= 11 is 7.52. The van der Waals surface area contributed by atoms with Crippen molar-refractivity contribution >= 4 is 40.1 Å². The van der Waals surface area contributed by atoms with Crippen LogP contribution in [0.15, 0.2) is 6.07 Å². The van der Waals surface area contributed by atoms with Crippen LogP contribution in [0.25, 0.3) is 10.9 Å². The summed E-state index contributed by atoms with van der Waals surface area (Å²) in [5.41, 5.74) is 1.36. The Morgan fingerprint density at radius 2 is 2.14 bits per heavy atom. The first-order valence-electron chi connectivity index (χ1n) is 4.15. The van der Waals surface area contributed by atoms with Gasteiger partial charge >= 0.3 is 0 Å². The number of halogens is 1. The molecule has 0 bridgehead atoms. The highest BCUT2D eigenvalue weighted by Gasteiger charge is 2.10. The lowest BCUT2D eigenvalue weighted by Gasteiger charge is -1.97. The smallest absolute Gasteiger partial charge is 0.153 e. The zero-order chi connectivity index (χ0) is 10.3. The number of thiophene rings is 1. The molecule has 0 unspecified atom stereocenters. The maximum atomic E-state index is 10.7. The highest BCUT2D eigenvalue weighted by atomic mass is 35.5. The number of nitrogens with zero attached hydrogens (tertiary/aromatic N) is 1. The molecule has 0 radical (unpaired) electrons. The predicted molar refractivity (Wildman–Crippen MR) is 59.5 cm³/mol. The molecular formula is C10H8ClNOS. The third-order valence-electron chi connectivity index (χ3n) is 2.15. The lowest BCUT2D eigenvalue weighted by molar-refractivity contribution is 0.112. The molecule has 2 rings (SSSR count). The van der Waals surface area contributed by atoms with Crippen LogP contribution in [0.3, 0.4) is 0 Å². The van der Waals surface area contributed by atoms with Crippen LogP contribution in [-0.2, 0) is 0 Å². The Balaban J connectivity index is 2.88. The summed E-state index contributed by atoms with van der Waals surface area (Å²) in [4.78, 5) is 17.2. The average Bonchev–Trinajstić information content (AvgIpc) is 2.41. The topological polar surface area (TPSA) is 30.0 Å². The lowest BCUT2D eigenvalue weighted by Crippen LogP contribution is -1.87. The fraction of sp³-hybridized carbons (Fsp3) is 0.200. The van der Waals surface area contributed by atoms with Gasteiger partial charge in [-0.2, -0.15) is 0 Å². The van der Waals surface area contributed by atoms with Gasteiger partial charge in [0, 0.05) is 15.1 Å². The van der Waals surface area contributed by atoms with Crippen LogP contribution >= 0.6 is 22.9 Å². The summed E-state index contributed by atoms with van der Waals surface area (Å²) in [6.07, 6.45) is 0.737. The van der Waals surface area contributed by atoms with E-state index in [9.17, 15) is 4.79 Å². The normalized spacial score (nSPS) is 10.8. The first-order valence-corrected chi connectivity index (χ1v) is 5.34. The Labute approximate surface area is 90.5 Å². The van der Waals surface area contributed by atoms with Gasteiger partial charge in [0.15, 0.2) is 6.29 Å². The second-order valence-corrected chi connectivity index (χ2v) is 4.88. The maximum Gasteiger partial charge on any atom is 0.153 e. The number of rotatable bonds is 1. The largest absolute Gasteiger partial charge is 0.298 e. The van der Waals surface area contributed by atoms with Crippen molar-refractivity contribution in [1.29, 1.82) is 0 Å². The molecular weight excluding hydrogens is 218 g/mol. The fourth-order valence-electron chi connectivity index (χ4n) is 1.46. The number of fused-ring (bicyclic) bond motifs is 1. The quantitative estimate of drug-likeness (QED) is 0.550. The number of aryl methyl sites for hydroxylation is 2. The second-order valence-electron chi connectivity index (χ2n) is 3.10. The number of carbonyl (C=O) groups excluding carboxylic acids is 1. The maximum absolute atomic E-state index is 10.7. The van der Waals surface area contributed by atoms with Crippen molar-refractivity contribution in [2.24, 2.45) is 0 Å². The van der Waals surface area contributed by atoms with Crippen LogP contribution in [0.4, 0.5) is 0 Å². The molecule has 0 spiro atoms. The molecule has 4 heteroatoms. The third kappa shape index (κ3) is 1.33. The van der Waals surface area contributed by atoms with Gasteiger partial charge in [-0.3, -0.25) is 4.79 Å². The molecule has 0 amide bonds. The van der Waals surface area contributed by atoms with Gasteiger partial charge in [-0.15, -0.1) is 11.3 Å². The molecule has 0 aliphatic rings. The number of aromatic nitrogens is 1. The van der Waals surface area contributed by atoms with Crippen molar-refractivity contribution in [2.75, 3.05) is 0 Å². The van der Waals surface area contributed by atoms with Gasteiger partial charge in [0.2, 0.25) is 0 Å². The lowest BCUT2D eigenvalue weighted by atomic mass is 10.2. The highest BCUT2D eigenvalue weighted by molar-refractivity contribution is 7.13. The van der Waals surface area contributed by atoms with Crippen LogP contribution in [-0.4, -0.2) is 11.3 Å². The standard InChI is InChI=1S/C10H8ClNOS/c1-5-8-3-7(4-13)10(11)12-9(8)6(2)14-5/h3-4H,1-2H3. The Morgan fingerprint density at radius 3 is 2.79 bits per heavy atom. The minimum absolute atomic E-state index is 0.286. The van der Waals surface area contributed by atoms with Gasteiger partial charge in [0.25, 0.3) is 0 Å². The molecule has 0 aromatic carbocycles. The Kier molecular flexibility index (Phi) is 2.29. The SMILES string of the molecule is Cc1sc(C)c2nc(Cl)c(C=O)cc12. The number of carbonyl (C=O) groups is 1. The van der Waals surface area contributed by atoms with E-state index in [1.165, 1.54) is 4.88 Å². The van der Waals surface area contributed by atoms with E-state index in [0.717, 1.165) is 22.1 Å². The van der Waals surface area contributed by atoms with Crippen molar-refractivity contribution in [3.05, 3.63) is 26.5 Å². The van der Waals surface area contributed by atoms with Gasteiger partial charge in [0.05, 0.1) is 11.1 Å². The Bertz CT molecular complexity index is 518. The summed E-state index contributed by atoms with van der Waals surface area (Å²) in [5.74, 6) is 0. The summed E-state index contributed by atoms with van der Waals surface area (Å²) < 4.78 is 0. The van der Waals surface area contributed by atoms with Crippen molar-refractivity contribution in [3.63, 3.8) is 0 Å². The Hall–Kier alpha value is -0.930. The molecule has 0 saturated carbocycles. The van der Waals surface area contributed by atoms with Gasteiger partial charge in [-0.25, -0.2) is 4.98 Å². The van der Waals surface area contributed by atoms with Crippen LogP contribution in [0.2, 0.25) is 5.15 Å². The molecule has 0 aliphatic carbocycles. The Morgan fingerprint density at radius 1 is 1.43 bits per heavy atom. The van der Waals surface area contributed by atoms with Gasteiger partial charge < -0.3 is 0 Å².